The summed E-state index contributed by atoms with van der Waals surface area (Å²) in [4.78, 5) is 36.0. The Bertz CT molecular complexity index is 1170. The SMILES string of the molecule is Cc1cc2c(C3CCN(C(=O)c4ccc(C#N)[nH]c4=O)CC3)c(F)cnc2[nH]1. The van der Waals surface area contributed by atoms with Gasteiger partial charge in [-0.2, -0.15) is 5.26 Å². The second-order valence-electron chi connectivity index (χ2n) is 7.03. The highest BCUT2D eigenvalue weighted by Crippen LogP contribution is 2.34. The van der Waals surface area contributed by atoms with Crippen LogP contribution >= 0.6 is 0 Å². The number of nitrogens with one attached hydrogen (secondary N) is 2. The number of aryl methyl sites for hydroxylation is 1. The van der Waals surface area contributed by atoms with Gasteiger partial charge in [0.15, 0.2) is 0 Å². The second-order valence-corrected chi connectivity index (χ2v) is 7.03. The van der Waals surface area contributed by atoms with E-state index in [0.29, 0.717) is 37.1 Å². The lowest BCUT2D eigenvalue weighted by molar-refractivity contribution is 0.0711. The lowest BCUT2D eigenvalue weighted by Crippen LogP contribution is -2.40. The molecule has 0 aliphatic carbocycles. The topological polar surface area (TPSA) is 106 Å². The first-order valence-corrected chi connectivity index (χ1v) is 9.04. The van der Waals surface area contributed by atoms with Crippen LogP contribution in [0.25, 0.3) is 11.0 Å². The van der Waals surface area contributed by atoms with Crippen molar-refractivity contribution in [2.45, 2.75) is 25.7 Å². The van der Waals surface area contributed by atoms with Crippen LogP contribution in [0.3, 0.4) is 0 Å². The minimum atomic E-state index is -0.573. The molecular weight excluding hydrogens is 361 g/mol. The largest absolute Gasteiger partial charge is 0.344 e. The van der Waals surface area contributed by atoms with Crippen LogP contribution < -0.4 is 5.56 Å². The smallest absolute Gasteiger partial charge is 0.261 e. The number of carbonyl (C=O) groups is 1. The zero-order chi connectivity index (χ0) is 19.8. The van der Waals surface area contributed by atoms with Crippen LogP contribution in [0.4, 0.5) is 4.39 Å². The third kappa shape index (κ3) is 3.05. The van der Waals surface area contributed by atoms with Crippen LogP contribution in [0.2, 0.25) is 0 Å². The Labute approximate surface area is 159 Å². The van der Waals surface area contributed by atoms with Gasteiger partial charge in [-0.15, -0.1) is 0 Å². The fourth-order valence-corrected chi connectivity index (χ4v) is 3.87. The number of rotatable bonds is 2. The second kappa shape index (κ2) is 6.93. The first kappa shape index (κ1) is 17.9. The van der Waals surface area contributed by atoms with E-state index in [1.807, 2.05) is 19.1 Å². The molecule has 0 bridgehead atoms. The zero-order valence-corrected chi connectivity index (χ0v) is 15.3. The summed E-state index contributed by atoms with van der Waals surface area (Å²) in [7, 11) is 0. The van der Waals surface area contributed by atoms with Gasteiger partial charge < -0.3 is 14.9 Å². The fourth-order valence-electron chi connectivity index (χ4n) is 3.87. The average Bonchev–Trinajstić information content (AvgIpc) is 3.07. The highest BCUT2D eigenvalue weighted by Gasteiger charge is 2.29. The summed E-state index contributed by atoms with van der Waals surface area (Å²) in [6, 6.07) is 6.52. The van der Waals surface area contributed by atoms with Crippen molar-refractivity contribution in [3.05, 3.63) is 63.1 Å². The molecule has 1 amide bonds. The lowest BCUT2D eigenvalue weighted by Gasteiger charge is -2.32. The maximum atomic E-state index is 14.5. The Kier molecular flexibility index (Phi) is 4.43. The number of carbonyl (C=O) groups excluding carboxylic acids is 1. The molecule has 0 atom stereocenters. The average molecular weight is 379 g/mol. The number of fused-ring (bicyclic) bond motifs is 1. The van der Waals surface area contributed by atoms with E-state index in [4.69, 9.17) is 5.26 Å². The molecule has 0 radical (unpaired) electrons. The number of H-pyrrole nitrogens is 2. The number of halogens is 1. The monoisotopic (exact) mass is 379 g/mol. The van der Waals surface area contributed by atoms with E-state index in [0.717, 1.165) is 11.1 Å². The maximum absolute atomic E-state index is 14.5. The Balaban J connectivity index is 1.54. The molecule has 3 aromatic heterocycles. The first-order chi connectivity index (χ1) is 13.5. The Morgan fingerprint density at radius 3 is 2.75 bits per heavy atom. The number of nitrogens with zero attached hydrogens (tertiary/aromatic N) is 3. The van der Waals surface area contributed by atoms with Crippen molar-refractivity contribution in [2.75, 3.05) is 13.1 Å². The van der Waals surface area contributed by atoms with E-state index in [2.05, 4.69) is 15.0 Å². The van der Waals surface area contributed by atoms with Gasteiger partial charge in [-0.05, 0) is 43.9 Å². The minimum Gasteiger partial charge on any atom is -0.344 e. The molecule has 1 aliphatic rings. The minimum absolute atomic E-state index is 0.0104. The van der Waals surface area contributed by atoms with Gasteiger partial charge in [0.2, 0.25) is 0 Å². The highest BCUT2D eigenvalue weighted by atomic mass is 19.1. The normalized spacial score (nSPS) is 15.0. The molecule has 8 heteroatoms. The number of aromatic amines is 2. The van der Waals surface area contributed by atoms with Crippen molar-refractivity contribution in [3.8, 4) is 6.07 Å². The standard InChI is InChI=1S/C20H18FN5O2/c1-11-8-15-17(16(21)10-23-18(15)24-11)12-4-6-26(7-5-12)20(28)14-3-2-13(9-22)25-19(14)27/h2-3,8,10,12H,4-7H2,1H3,(H,23,24)(H,25,27). The fraction of sp³-hybridized carbons (Fsp3) is 0.300. The summed E-state index contributed by atoms with van der Waals surface area (Å²) >= 11 is 0. The first-order valence-electron chi connectivity index (χ1n) is 9.04. The molecule has 0 saturated carbocycles. The number of likely N-dealkylation sites (tertiary alicyclic amines) is 1. The van der Waals surface area contributed by atoms with Crippen LogP contribution in [-0.4, -0.2) is 38.8 Å². The summed E-state index contributed by atoms with van der Waals surface area (Å²) in [5.74, 6) is -0.731. The van der Waals surface area contributed by atoms with Crippen LogP contribution in [0, 0.1) is 24.1 Å². The predicted octanol–water partition coefficient (Wildman–Crippen LogP) is 2.59. The van der Waals surface area contributed by atoms with E-state index < -0.39 is 5.56 Å². The summed E-state index contributed by atoms with van der Waals surface area (Å²) < 4.78 is 14.5. The number of aromatic nitrogens is 3. The van der Waals surface area contributed by atoms with E-state index in [1.165, 1.54) is 18.3 Å². The lowest BCUT2D eigenvalue weighted by atomic mass is 9.87. The van der Waals surface area contributed by atoms with E-state index >= 15 is 0 Å². The number of nitriles is 1. The van der Waals surface area contributed by atoms with Gasteiger partial charge in [0.05, 0.1) is 6.20 Å². The van der Waals surface area contributed by atoms with Crippen molar-refractivity contribution in [1.82, 2.24) is 19.9 Å². The number of hydrogen-bond acceptors (Lipinski definition) is 4. The molecule has 4 rings (SSSR count). The van der Waals surface area contributed by atoms with Crippen molar-refractivity contribution in [3.63, 3.8) is 0 Å². The van der Waals surface area contributed by atoms with E-state index in [9.17, 15) is 14.0 Å². The number of hydrogen-bond donors (Lipinski definition) is 2. The summed E-state index contributed by atoms with van der Waals surface area (Å²) in [6.45, 7) is 2.75. The van der Waals surface area contributed by atoms with Crippen molar-refractivity contribution >= 4 is 16.9 Å². The molecule has 0 spiro atoms. The van der Waals surface area contributed by atoms with E-state index in [-0.39, 0.29) is 28.9 Å². The molecule has 28 heavy (non-hydrogen) atoms. The molecular formula is C20H18FN5O2. The Morgan fingerprint density at radius 2 is 2.07 bits per heavy atom. The van der Waals surface area contributed by atoms with Crippen molar-refractivity contribution in [2.24, 2.45) is 0 Å². The van der Waals surface area contributed by atoms with Crippen LogP contribution in [0.5, 0.6) is 0 Å². The summed E-state index contributed by atoms with van der Waals surface area (Å²) in [6.07, 6.45) is 2.43. The van der Waals surface area contributed by atoms with Crippen LogP contribution in [0.15, 0.2) is 29.2 Å². The van der Waals surface area contributed by atoms with Gasteiger partial charge in [0.25, 0.3) is 11.5 Å². The van der Waals surface area contributed by atoms with Gasteiger partial charge in [-0.25, -0.2) is 9.37 Å². The molecule has 0 aromatic carbocycles. The summed E-state index contributed by atoms with van der Waals surface area (Å²) in [5, 5.41) is 9.61. The Hall–Kier alpha value is -3.47. The predicted molar refractivity (Wildman–Crippen MR) is 100 cm³/mol. The summed E-state index contributed by atoms with van der Waals surface area (Å²) in [5.41, 5.74) is 1.77. The number of pyridine rings is 2. The van der Waals surface area contributed by atoms with Gasteiger partial charge in [-0.1, -0.05) is 0 Å². The molecule has 1 fully saturated rings. The molecule has 0 unspecified atom stereocenters. The van der Waals surface area contributed by atoms with Crippen molar-refractivity contribution in [1.29, 1.82) is 5.26 Å². The van der Waals surface area contributed by atoms with Crippen molar-refractivity contribution < 1.29 is 9.18 Å². The molecule has 1 saturated heterocycles. The van der Waals surface area contributed by atoms with Crippen LogP contribution in [0.1, 0.15) is 46.1 Å². The Morgan fingerprint density at radius 1 is 1.32 bits per heavy atom. The molecule has 3 aromatic rings. The maximum Gasteiger partial charge on any atom is 0.261 e. The van der Waals surface area contributed by atoms with Gasteiger partial charge >= 0.3 is 0 Å². The molecule has 1 aliphatic heterocycles. The number of amides is 1. The highest BCUT2D eigenvalue weighted by molar-refractivity contribution is 5.94. The van der Waals surface area contributed by atoms with Gasteiger partial charge in [-0.3, -0.25) is 9.59 Å². The zero-order valence-electron chi connectivity index (χ0n) is 15.3. The van der Waals surface area contributed by atoms with Crippen LogP contribution in [-0.2, 0) is 0 Å². The van der Waals surface area contributed by atoms with Gasteiger partial charge in [0, 0.05) is 29.7 Å². The molecule has 2 N–H and O–H groups in total. The third-order valence-corrected chi connectivity index (χ3v) is 5.24. The number of piperidine rings is 1. The molecule has 4 heterocycles. The quantitative estimate of drug-likeness (QED) is 0.714. The molecule has 142 valence electrons. The van der Waals surface area contributed by atoms with E-state index in [1.54, 1.807) is 4.90 Å². The third-order valence-electron chi connectivity index (χ3n) is 5.24. The van der Waals surface area contributed by atoms with Gasteiger partial charge in [0.1, 0.15) is 28.8 Å². The molecule has 7 nitrogen and oxygen atoms in total.